The average Bonchev–Trinajstić information content (AvgIpc) is 3.16. The fourth-order valence-corrected chi connectivity index (χ4v) is 4.14. The van der Waals surface area contributed by atoms with Crippen molar-refractivity contribution in [3.05, 3.63) is 71.0 Å². The number of imidazole rings is 1. The molecule has 5 rings (SSSR count). The molecule has 1 aliphatic heterocycles. The van der Waals surface area contributed by atoms with Gasteiger partial charge in [0.25, 0.3) is 5.56 Å². The molecule has 0 unspecified atom stereocenters. The lowest BCUT2D eigenvalue weighted by Gasteiger charge is -2.32. The molecule has 0 spiro atoms. The largest absolute Gasteiger partial charge is 0.391 e. The Balaban J connectivity index is 1.47. The molecule has 4 aromatic rings. The molecule has 1 saturated heterocycles. The molecule has 3 aromatic heterocycles. The van der Waals surface area contributed by atoms with E-state index >= 15 is 0 Å². The van der Waals surface area contributed by atoms with Crippen LogP contribution in [-0.4, -0.2) is 43.5 Å². The standard InChI is InChI=1S/C22H23N5O2/c28-18-6-4-11-25(15-18)19-7-3-5-16-13-23-27(22(29)21(16)19)12-9-17-14-26-10-2-1-8-20(26)24-17/h1-3,5,7-8,10,13-14,18,28H,4,6,9,11-12,15H2/t18-/m0/s1. The van der Waals surface area contributed by atoms with Gasteiger partial charge in [0.15, 0.2) is 0 Å². The molecule has 4 heterocycles. The van der Waals surface area contributed by atoms with Gasteiger partial charge in [0.05, 0.1) is 35.6 Å². The summed E-state index contributed by atoms with van der Waals surface area (Å²) in [5.74, 6) is 0. The Morgan fingerprint density at radius 3 is 2.97 bits per heavy atom. The zero-order chi connectivity index (χ0) is 19.8. The second kappa shape index (κ2) is 7.33. The summed E-state index contributed by atoms with van der Waals surface area (Å²) < 4.78 is 3.50. The molecule has 7 nitrogen and oxygen atoms in total. The fourth-order valence-electron chi connectivity index (χ4n) is 4.14. The number of benzene rings is 1. The summed E-state index contributed by atoms with van der Waals surface area (Å²) in [5.41, 5.74) is 2.61. The van der Waals surface area contributed by atoms with Gasteiger partial charge in [0.1, 0.15) is 5.65 Å². The van der Waals surface area contributed by atoms with E-state index in [4.69, 9.17) is 0 Å². The van der Waals surface area contributed by atoms with Crippen molar-refractivity contribution in [3.8, 4) is 0 Å². The lowest BCUT2D eigenvalue weighted by atomic mass is 10.1. The topological polar surface area (TPSA) is 75.7 Å². The van der Waals surface area contributed by atoms with Crippen LogP contribution in [0.4, 0.5) is 5.69 Å². The lowest BCUT2D eigenvalue weighted by molar-refractivity contribution is 0.154. The highest BCUT2D eigenvalue weighted by Crippen LogP contribution is 2.26. The highest BCUT2D eigenvalue weighted by molar-refractivity contribution is 5.93. The molecular formula is C22H23N5O2. The van der Waals surface area contributed by atoms with Crippen LogP contribution < -0.4 is 10.5 Å². The number of β-amino-alcohol motifs (C(OH)–C–C–N with tert-alkyl or cyclic N) is 1. The number of hydrogen-bond donors (Lipinski definition) is 1. The van der Waals surface area contributed by atoms with E-state index in [0.717, 1.165) is 41.8 Å². The Morgan fingerprint density at radius 2 is 2.10 bits per heavy atom. The molecule has 0 amide bonds. The van der Waals surface area contributed by atoms with Crippen LogP contribution in [0.1, 0.15) is 18.5 Å². The molecule has 0 saturated carbocycles. The van der Waals surface area contributed by atoms with Crippen molar-refractivity contribution >= 4 is 22.1 Å². The third-order valence-electron chi connectivity index (χ3n) is 5.59. The van der Waals surface area contributed by atoms with Crippen LogP contribution in [0.2, 0.25) is 0 Å². The highest BCUT2D eigenvalue weighted by Gasteiger charge is 2.21. The third-order valence-corrected chi connectivity index (χ3v) is 5.59. The maximum atomic E-state index is 13.3. The van der Waals surface area contributed by atoms with E-state index in [1.54, 1.807) is 6.20 Å². The third kappa shape index (κ3) is 3.38. The molecule has 1 fully saturated rings. The van der Waals surface area contributed by atoms with Crippen molar-refractivity contribution in [1.29, 1.82) is 0 Å². The Hall–Kier alpha value is -3.19. The SMILES string of the molecule is O=c1c2c(N3CCC[C@H](O)C3)cccc2cnn1CCc1cn2ccccc2n1. The molecule has 1 atom stereocenters. The van der Waals surface area contributed by atoms with Crippen LogP contribution in [0, 0.1) is 0 Å². The van der Waals surface area contributed by atoms with E-state index < -0.39 is 0 Å². The lowest BCUT2D eigenvalue weighted by Crippen LogP contribution is -2.39. The van der Waals surface area contributed by atoms with Crippen molar-refractivity contribution in [3.63, 3.8) is 0 Å². The second-order valence-electron chi connectivity index (χ2n) is 7.60. The smallest absolute Gasteiger partial charge is 0.276 e. The number of hydrogen-bond acceptors (Lipinski definition) is 5. The zero-order valence-corrected chi connectivity index (χ0v) is 16.1. The van der Waals surface area contributed by atoms with Crippen LogP contribution in [0.5, 0.6) is 0 Å². The first-order chi connectivity index (χ1) is 14.2. The van der Waals surface area contributed by atoms with Gasteiger partial charge in [-0.05, 0) is 31.0 Å². The van der Waals surface area contributed by atoms with Gasteiger partial charge in [-0.2, -0.15) is 5.10 Å². The molecule has 0 bridgehead atoms. The van der Waals surface area contributed by atoms with Gasteiger partial charge in [-0.15, -0.1) is 0 Å². The molecule has 148 valence electrons. The molecule has 1 N–H and O–H groups in total. The second-order valence-corrected chi connectivity index (χ2v) is 7.60. The number of fused-ring (bicyclic) bond motifs is 2. The minimum Gasteiger partial charge on any atom is -0.391 e. The minimum absolute atomic E-state index is 0.0954. The average molecular weight is 389 g/mol. The number of pyridine rings is 1. The number of aliphatic hydroxyl groups excluding tert-OH is 1. The van der Waals surface area contributed by atoms with Crippen LogP contribution in [-0.2, 0) is 13.0 Å². The van der Waals surface area contributed by atoms with E-state index in [-0.39, 0.29) is 11.7 Å². The summed E-state index contributed by atoms with van der Waals surface area (Å²) in [7, 11) is 0. The Labute approximate surface area is 167 Å². The summed E-state index contributed by atoms with van der Waals surface area (Å²) in [6.07, 6.45) is 7.72. The van der Waals surface area contributed by atoms with Crippen LogP contribution >= 0.6 is 0 Å². The summed E-state index contributed by atoms with van der Waals surface area (Å²) >= 11 is 0. The number of aryl methyl sites for hydroxylation is 2. The van der Waals surface area contributed by atoms with Gasteiger partial charge in [-0.3, -0.25) is 4.79 Å². The van der Waals surface area contributed by atoms with Gasteiger partial charge >= 0.3 is 0 Å². The van der Waals surface area contributed by atoms with Crippen molar-refractivity contribution in [2.75, 3.05) is 18.0 Å². The first-order valence-electron chi connectivity index (χ1n) is 10.0. The molecule has 7 heteroatoms. The monoisotopic (exact) mass is 389 g/mol. The predicted molar refractivity (Wildman–Crippen MR) is 112 cm³/mol. The summed E-state index contributed by atoms with van der Waals surface area (Å²) in [5, 5.41) is 15.9. The van der Waals surface area contributed by atoms with Gasteiger partial charge in [-0.1, -0.05) is 18.2 Å². The molecular weight excluding hydrogens is 366 g/mol. The van der Waals surface area contributed by atoms with Gasteiger partial charge in [0, 0.05) is 37.3 Å². The first kappa shape index (κ1) is 17.9. The Bertz CT molecular complexity index is 1200. The van der Waals surface area contributed by atoms with Crippen LogP contribution in [0.3, 0.4) is 0 Å². The van der Waals surface area contributed by atoms with E-state index in [9.17, 15) is 9.90 Å². The maximum absolute atomic E-state index is 13.3. The van der Waals surface area contributed by atoms with Gasteiger partial charge in [0.2, 0.25) is 0 Å². The highest BCUT2D eigenvalue weighted by atomic mass is 16.3. The normalized spacial score (nSPS) is 17.3. The molecule has 1 aliphatic rings. The molecule has 29 heavy (non-hydrogen) atoms. The molecule has 1 aromatic carbocycles. The van der Waals surface area contributed by atoms with Crippen molar-refractivity contribution in [2.24, 2.45) is 0 Å². The van der Waals surface area contributed by atoms with E-state index in [1.807, 2.05) is 53.2 Å². The van der Waals surface area contributed by atoms with Crippen LogP contribution in [0.25, 0.3) is 16.4 Å². The van der Waals surface area contributed by atoms with E-state index in [0.29, 0.717) is 24.9 Å². The van der Waals surface area contributed by atoms with Crippen molar-refractivity contribution in [1.82, 2.24) is 19.2 Å². The summed E-state index contributed by atoms with van der Waals surface area (Å²) in [4.78, 5) is 20.0. The van der Waals surface area contributed by atoms with Crippen LogP contribution in [0.15, 0.2) is 59.8 Å². The number of aromatic nitrogens is 4. The van der Waals surface area contributed by atoms with Gasteiger partial charge < -0.3 is 14.4 Å². The van der Waals surface area contributed by atoms with E-state index in [2.05, 4.69) is 15.0 Å². The molecule has 0 radical (unpaired) electrons. The number of rotatable bonds is 4. The summed E-state index contributed by atoms with van der Waals surface area (Å²) in [6.45, 7) is 1.87. The van der Waals surface area contributed by atoms with Crippen molar-refractivity contribution in [2.45, 2.75) is 31.9 Å². The number of anilines is 1. The Kier molecular flexibility index (Phi) is 4.52. The Morgan fingerprint density at radius 1 is 1.17 bits per heavy atom. The maximum Gasteiger partial charge on any atom is 0.276 e. The summed E-state index contributed by atoms with van der Waals surface area (Å²) in [6, 6.07) is 11.7. The molecule has 0 aliphatic carbocycles. The number of aliphatic hydroxyl groups is 1. The van der Waals surface area contributed by atoms with Gasteiger partial charge in [-0.25, -0.2) is 9.67 Å². The van der Waals surface area contributed by atoms with Crippen molar-refractivity contribution < 1.29 is 5.11 Å². The quantitative estimate of drug-likeness (QED) is 0.579. The fraction of sp³-hybridized carbons (Fsp3) is 0.318. The zero-order valence-electron chi connectivity index (χ0n) is 16.1. The predicted octanol–water partition coefficient (Wildman–Crippen LogP) is 2.25. The van der Waals surface area contributed by atoms with E-state index in [1.165, 1.54) is 4.68 Å². The number of piperidine rings is 1. The number of nitrogens with zero attached hydrogens (tertiary/aromatic N) is 5. The minimum atomic E-state index is -0.349. The first-order valence-corrected chi connectivity index (χ1v) is 10.0.